The third-order valence-electron chi connectivity index (χ3n) is 4.01. The largest absolute Gasteiger partial charge is 0.462 e. The first-order valence-electron chi connectivity index (χ1n) is 8.87. The minimum absolute atomic E-state index is 0.0211. The number of carbonyl (C=O) groups excluding carboxylic acids is 2. The molecule has 1 amide bonds. The lowest BCUT2D eigenvalue weighted by atomic mass is 10.2. The number of esters is 1. The van der Waals surface area contributed by atoms with Crippen LogP contribution in [0.1, 0.15) is 27.6 Å². The van der Waals surface area contributed by atoms with Crippen molar-refractivity contribution in [3.63, 3.8) is 0 Å². The highest BCUT2D eigenvalue weighted by Gasteiger charge is 2.10. The molecular formula is C22H18F2N2O3. The second-order valence-corrected chi connectivity index (χ2v) is 6.08. The van der Waals surface area contributed by atoms with E-state index in [0.29, 0.717) is 17.9 Å². The molecule has 148 valence electrons. The molecule has 0 aliphatic carbocycles. The van der Waals surface area contributed by atoms with Crippen molar-refractivity contribution in [2.24, 2.45) is 0 Å². The van der Waals surface area contributed by atoms with Gasteiger partial charge in [-0.25, -0.2) is 13.6 Å². The van der Waals surface area contributed by atoms with Gasteiger partial charge in [0.05, 0.1) is 12.2 Å². The van der Waals surface area contributed by atoms with Gasteiger partial charge in [-0.15, -0.1) is 0 Å². The third-order valence-corrected chi connectivity index (χ3v) is 4.01. The molecule has 0 aromatic heterocycles. The average Bonchev–Trinajstić information content (AvgIpc) is 2.72. The molecule has 0 atom stereocenters. The maximum atomic E-state index is 13.3. The third kappa shape index (κ3) is 5.16. The highest BCUT2D eigenvalue weighted by Crippen LogP contribution is 2.20. The Morgan fingerprint density at radius 2 is 1.34 bits per heavy atom. The Labute approximate surface area is 166 Å². The van der Waals surface area contributed by atoms with E-state index >= 15 is 0 Å². The highest BCUT2D eigenvalue weighted by molar-refractivity contribution is 6.04. The zero-order valence-corrected chi connectivity index (χ0v) is 15.5. The molecule has 0 saturated carbocycles. The van der Waals surface area contributed by atoms with Gasteiger partial charge in [-0.05, 0) is 73.7 Å². The second kappa shape index (κ2) is 8.97. The van der Waals surface area contributed by atoms with Crippen LogP contribution in [0, 0.1) is 11.6 Å². The molecule has 7 heteroatoms. The summed E-state index contributed by atoms with van der Waals surface area (Å²) in [5.74, 6) is -3.00. The van der Waals surface area contributed by atoms with E-state index in [0.717, 1.165) is 23.5 Å². The molecular weight excluding hydrogens is 378 g/mol. The van der Waals surface area contributed by atoms with Crippen LogP contribution in [0.2, 0.25) is 0 Å². The summed E-state index contributed by atoms with van der Waals surface area (Å²) in [6.07, 6.45) is 0. The fourth-order valence-corrected chi connectivity index (χ4v) is 2.55. The van der Waals surface area contributed by atoms with Crippen LogP contribution in [0.15, 0.2) is 66.7 Å². The minimum atomic E-state index is -1.08. The minimum Gasteiger partial charge on any atom is -0.462 e. The van der Waals surface area contributed by atoms with Crippen LogP contribution in [0.3, 0.4) is 0 Å². The summed E-state index contributed by atoms with van der Waals surface area (Å²) < 4.78 is 31.2. The van der Waals surface area contributed by atoms with Gasteiger partial charge in [0.1, 0.15) is 0 Å². The predicted octanol–water partition coefficient (Wildman–Crippen LogP) is 5.14. The summed E-state index contributed by atoms with van der Waals surface area (Å²) in [6, 6.07) is 16.7. The molecule has 0 radical (unpaired) electrons. The van der Waals surface area contributed by atoms with Crippen molar-refractivity contribution in [3.8, 4) is 0 Å². The molecule has 0 fully saturated rings. The number of halogens is 2. The Hall–Kier alpha value is -3.74. The Morgan fingerprint density at radius 1 is 0.793 bits per heavy atom. The lowest BCUT2D eigenvalue weighted by molar-refractivity contribution is 0.0526. The van der Waals surface area contributed by atoms with E-state index < -0.39 is 17.5 Å². The van der Waals surface area contributed by atoms with Gasteiger partial charge in [-0.2, -0.15) is 0 Å². The van der Waals surface area contributed by atoms with Gasteiger partial charge in [0.15, 0.2) is 11.6 Å². The van der Waals surface area contributed by atoms with Crippen LogP contribution < -0.4 is 10.6 Å². The molecule has 0 saturated heterocycles. The van der Waals surface area contributed by atoms with Crippen molar-refractivity contribution >= 4 is 28.9 Å². The van der Waals surface area contributed by atoms with Gasteiger partial charge in [0, 0.05) is 22.6 Å². The van der Waals surface area contributed by atoms with Gasteiger partial charge < -0.3 is 15.4 Å². The van der Waals surface area contributed by atoms with Crippen LogP contribution >= 0.6 is 0 Å². The average molecular weight is 396 g/mol. The first-order chi connectivity index (χ1) is 14.0. The molecule has 3 aromatic carbocycles. The Morgan fingerprint density at radius 3 is 1.93 bits per heavy atom. The van der Waals surface area contributed by atoms with E-state index in [1.54, 1.807) is 55.5 Å². The van der Waals surface area contributed by atoms with Crippen LogP contribution in [0.4, 0.5) is 25.8 Å². The van der Waals surface area contributed by atoms with Gasteiger partial charge in [-0.1, -0.05) is 0 Å². The molecule has 29 heavy (non-hydrogen) atoms. The summed E-state index contributed by atoms with van der Waals surface area (Å²) in [4.78, 5) is 23.8. The smallest absolute Gasteiger partial charge is 0.338 e. The fraction of sp³-hybridized carbons (Fsp3) is 0.0909. The van der Waals surface area contributed by atoms with Gasteiger partial charge in [0.2, 0.25) is 0 Å². The van der Waals surface area contributed by atoms with E-state index in [1.165, 1.54) is 6.07 Å². The number of amides is 1. The molecule has 3 rings (SSSR count). The van der Waals surface area contributed by atoms with E-state index in [4.69, 9.17) is 4.74 Å². The van der Waals surface area contributed by atoms with Crippen molar-refractivity contribution in [3.05, 3.63) is 89.5 Å². The van der Waals surface area contributed by atoms with Crippen molar-refractivity contribution in [2.45, 2.75) is 6.92 Å². The summed E-state index contributed by atoms with van der Waals surface area (Å²) in [6.45, 7) is 2.07. The summed E-state index contributed by atoms with van der Waals surface area (Å²) in [5.41, 5.74) is 2.53. The summed E-state index contributed by atoms with van der Waals surface area (Å²) in [7, 11) is 0. The van der Waals surface area contributed by atoms with E-state index in [1.807, 2.05) is 0 Å². The number of rotatable bonds is 6. The van der Waals surface area contributed by atoms with Crippen molar-refractivity contribution in [1.29, 1.82) is 0 Å². The summed E-state index contributed by atoms with van der Waals surface area (Å²) in [5, 5.41) is 5.79. The molecule has 0 bridgehead atoms. The molecule has 5 nitrogen and oxygen atoms in total. The fourth-order valence-electron chi connectivity index (χ4n) is 2.55. The summed E-state index contributed by atoms with van der Waals surface area (Å²) >= 11 is 0. The zero-order valence-electron chi connectivity index (χ0n) is 15.5. The molecule has 0 aliphatic heterocycles. The van der Waals surface area contributed by atoms with E-state index in [9.17, 15) is 18.4 Å². The monoisotopic (exact) mass is 396 g/mol. The molecule has 3 aromatic rings. The number of nitrogens with one attached hydrogen (secondary N) is 2. The maximum absolute atomic E-state index is 13.3. The Bertz CT molecular complexity index is 1020. The first-order valence-corrected chi connectivity index (χ1v) is 8.87. The van der Waals surface area contributed by atoms with Crippen molar-refractivity contribution < 1.29 is 23.1 Å². The van der Waals surface area contributed by atoms with Crippen LogP contribution in [0.25, 0.3) is 0 Å². The Kier molecular flexibility index (Phi) is 6.19. The van der Waals surface area contributed by atoms with Crippen molar-refractivity contribution in [1.82, 2.24) is 0 Å². The standard InChI is InChI=1S/C22H18F2N2O3/c1-2-29-22(28)14-3-6-16(7-4-14)25-17-8-10-18(11-9-17)26-21(27)15-5-12-19(23)20(24)13-15/h3-13,25H,2H2,1H3,(H,26,27). The van der Waals surface area contributed by atoms with E-state index in [2.05, 4.69) is 10.6 Å². The topological polar surface area (TPSA) is 67.4 Å². The lowest BCUT2D eigenvalue weighted by Gasteiger charge is -2.10. The van der Waals surface area contributed by atoms with E-state index in [-0.39, 0.29) is 11.5 Å². The predicted molar refractivity (Wildman–Crippen MR) is 106 cm³/mol. The number of anilines is 3. The highest BCUT2D eigenvalue weighted by atomic mass is 19.2. The SMILES string of the molecule is CCOC(=O)c1ccc(Nc2ccc(NC(=O)c3ccc(F)c(F)c3)cc2)cc1. The number of hydrogen-bond acceptors (Lipinski definition) is 4. The number of carbonyl (C=O) groups is 2. The Balaban J connectivity index is 1.62. The second-order valence-electron chi connectivity index (χ2n) is 6.08. The first kappa shape index (κ1) is 20.0. The van der Waals surface area contributed by atoms with Crippen LogP contribution in [-0.4, -0.2) is 18.5 Å². The zero-order chi connectivity index (χ0) is 20.8. The van der Waals surface area contributed by atoms with Gasteiger partial charge in [-0.3, -0.25) is 4.79 Å². The molecule has 0 spiro atoms. The lowest BCUT2D eigenvalue weighted by Crippen LogP contribution is -2.12. The van der Waals surface area contributed by atoms with Gasteiger partial charge >= 0.3 is 5.97 Å². The molecule has 0 heterocycles. The number of ether oxygens (including phenoxy) is 1. The molecule has 0 aliphatic rings. The molecule has 0 unspecified atom stereocenters. The van der Waals surface area contributed by atoms with Crippen LogP contribution in [-0.2, 0) is 4.74 Å². The quantitative estimate of drug-likeness (QED) is 0.567. The normalized spacial score (nSPS) is 10.3. The van der Waals surface area contributed by atoms with Crippen molar-refractivity contribution in [2.75, 3.05) is 17.2 Å². The van der Waals surface area contributed by atoms with Crippen LogP contribution in [0.5, 0.6) is 0 Å². The number of hydrogen-bond donors (Lipinski definition) is 2. The molecule has 2 N–H and O–H groups in total. The maximum Gasteiger partial charge on any atom is 0.338 e. The van der Waals surface area contributed by atoms with Gasteiger partial charge in [0.25, 0.3) is 5.91 Å². The number of benzene rings is 3.